The van der Waals surface area contributed by atoms with E-state index in [4.69, 9.17) is 0 Å². The highest BCUT2D eigenvalue weighted by Gasteiger charge is 2.02. The molecule has 0 bridgehead atoms. The summed E-state index contributed by atoms with van der Waals surface area (Å²) in [6.45, 7) is 3.54. The van der Waals surface area contributed by atoms with Crippen molar-refractivity contribution in [2.24, 2.45) is 0 Å². The maximum atomic E-state index is 11.7. The highest BCUT2D eigenvalue weighted by molar-refractivity contribution is 5.87. The number of anilines is 2. The SMILES string of the molecule is CCCNc1ccc(CNC(=O)Nc2cccnn2)cc1. The normalized spacial score (nSPS) is 9.95. The third kappa shape index (κ3) is 5.10. The minimum atomic E-state index is -0.302. The molecule has 0 aliphatic rings. The Bertz CT molecular complexity index is 556. The van der Waals surface area contributed by atoms with E-state index in [0.29, 0.717) is 12.4 Å². The first-order valence-electron chi connectivity index (χ1n) is 6.93. The van der Waals surface area contributed by atoms with E-state index in [2.05, 4.69) is 33.1 Å². The third-order valence-electron chi connectivity index (χ3n) is 2.80. The fourth-order valence-electron chi connectivity index (χ4n) is 1.72. The molecule has 0 unspecified atom stereocenters. The second-order valence-electron chi connectivity index (χ2n) is 4.54. The molecule has 21 heavy (non-hydrogen) atoms. The molecule has 110 valence electrons. The number of rotatable bonds is 6. The van der Waals surface area contributed by atoms with Crippen molar-refractivity contribution in [3.63, 3.8) is 0 Å². The number of carbonyl (C=O) groups excluding carboxylic acids is 1. The largest absolute Gasteiger partial charge is 0.385 e. The Morgan fingerprint density at radius 1 is 1.19 bits per heavy atom. The van der Waals surface area contributed by atoms with E-state index in [1.165, 1.54) is 0 Å². The van der Waals surface area contributed by atoms with Crippen molar-refractivity contribution in [1.29, 1.82) is 0 Å². The molecular weight excluding hydrogens is 266 g/mol. The van der Waals surface area contributed by atoms with Gasteiger partial charge >= 0.3 is 6.03 Å². The molecule has 1 heterocycles. The van der Waals surface area contributed by atoms with E-state index in [-0.39, 0.29) is 6.03 Å². The number of amides is 2. The lowest BCUT2D eigenvalue weighted by Crippen LogP contribution is -2.28. The number of urea groups is 1. The number of carbonyl (C=O) groups is 1. The van der Waals surface area contributed by atoms with Gasteiger partial charge in [0.25, 0.3) is 0 Å². The Balaban J connectivity index is 1.78. The Labute approximate surface area is 124 Å². The van der Waals surface area contributed by atoms with Crippen LogP contribution < -0.4 is 16.0 Å². The van der Waals surface area contributed by atoms with Crippen molar-refractivity contribution in [1.82, 2.24) is 15.5 Å². The smallest absolute Gasteiger partial charge is 0.320 e. The minimum Gasteiger partial charge on any atom is -0.385 e. The number of nitrogens with zero attached hydrogens (tertiary/aromatic N) is 2. The van der Waals surface area contributed by atoms with Crippen molar-refractivity contribution < 1.29 is 4.79 Å². The summed E-state index contributed by atoms with van der Waals surface area (Å²) in [5.74, 6) is 0.425. The summed E-state index contributed by atoms with van der Waals surface area (Å²) in [6, 6.07) is 11.1. The molecule has 0 aliphatic carbocycles. The topological polar surface area (TPSA) is 78.9 Å². The lowest BCUT2D eigenvalue weighted by molar-refractivity contribution is 0.251. The number of aromatic nitrogens is 2. The van der Waals surface area contributed by atoms with Gasteiger partial charge < -0.3 is 10.6 Å². The molecular formula is C15H19N5O. The maximum absolute atomic E-state index is 11.7. The first-order valence-corrected chi connectivity index (χ1v) is 6.93. The van der Waals surface area contributed by atoms with E-state index in [1.54, 1.807) is 18.3 Å². The molecule has 2 rings (SSSR count). The van der Waals surface area contributed by atoms with Crippen LogP contribution in [-0.2, 0) is 6.54 Å². The van der Waals surface area contributed by atoms with Crippen LogP contribution in [-0.4, -0.2) is 22.8 Å². The van der Waals surface area contributed by atoms with Crippen LogP contribution in [0.4, 0.5) is 16.3 Å². The molecule has 0 saturated heterocycles. The van der Waals surface area contributed by atoms with Gasteiger partial charge in [0, 0.05) is 25.0 Å². The summed E-state index contributed by atoms with van der Waals surface area (Å²) in [6.07, 6.45) is 2.64. The van der Waals surface area contributed by atoms with Crippen LogP contribution in [0, 0.1) is 0 Å². The number of hydrogen-bond donors (Lipinski definition) is 3. The van der Waals surface area contributed by atoms with Gasteiger partial charge in [-0.3, -0.25) is 5.32 Å². The summed E-state index contributed by atoms with van der Waals surface area (Å²) in [5.41, 5.74) is 2.12. The second-order valence-corrected chi connectivity index (χ2v) is 4.54. The summed E-state index contributed by atoms with van der Waals surface area (Å²) < 4.78 is 0. The number of nitrogens with one attached hydrogen (secondary N) is 3. The van der Waals surface area contributed by atoms with Crippen molar-refractivity contribution in [2.45, 2.75) is 19.9 Å². The molecule has 0 fully saturated rings. The molecule has 0 saturated carbocycles. The van der Waals surface area contributed by atoms with Crippen LogP contribution in [0.1, 0.15) is 18.9 Å². The molecule has 0 radical (unpaired) electrons. The zero-order chi connectivity index (χ0) is 14.9. The maximum Gasteiger partial charge on any atom is 0.320 e. The zero-order valence-electron chi connectivity index (χ0n) is 12.0. The molecule has 0 atom stereocenters. The average molecular weight is 285 g/mol. The van der Waals surface area contributed by atoms with Gasteiger partial charge in [0.2, 0.25) is 0 Å². The Morgan fingerprint density at radius 2 is 2.00 bits per heavy atom. The van der Waals surface area contributed by atoms with Crippen LogP contribution in [0.5, 0.6) is 0 Å². The standard InChI is InChI=1S/C15H19N5O/c1-2-9-16-13-7-5-12(6-8-13)11-17-15(21)19-14-4-3-10-18-20-14/h3-8,10,16H,2,9,11H2,1H3,(H2,17,19,20,21). The lowest BCUT2D eigenvalue weighted by Gasteiger charge is -2.08. The van der Waals surface area contributed by atoms with Gasteiger partial charge in [0.15, 0.2) is 5.82 Å². The average Bonchev–Trinajstić information content (AvgIpc) is 2.53. The Hall–Kier alpha value is -2.63. The van der Waals surface area contributed by atoms with Crippen molar-refractivity contribution in [3.8, 4) is 0 Å². The summed E-state index contributed by atoms with van der Waals surface area (Å²) in [4.78, 5) is 11.7. The Kier molecular flexibility index (Phi) is 5.51. The van der Waals surface area contributed by atoms with Gasteiger partial charge in [-0.05, 0) is 36.2 Å². The van der Waals surface area contributed by atoms with E-state index < -0.39 is 0 Å². The van der Waals surface area contributed by atoms with Gasteiger partial charge in [0.05, 0.1) is 0 Å². The highest BCUT2D eigenvalue weighted by atomic mass is 16.2. The molecule has 2 amide bonds. The predicted octanol–water partition coefficient (Wildman–Crippen LogP) is 2.62. The first-order chi connectivity index (χ1) is 10.3. The lowest BCUT2D eigenvalue weighted by atomic mass is 10.2. The molecule has 2 aromatic rings. The van der Waals surface area contributed by atoms with E-state index in [0.717, 1.165) is 24.2 Å². The summed E-state index contributed by atoms with van der Waals surface area (Å²) in [5, 5.41) is 16.2. The molecule has 6 heteroatoms. The van der Waals surface area contributed by atoms with Gasteiger partial charge in [-0.25, -0.2) is 4.79 Å². The van der Waals surface area contributed by atoms with Crippen molar-refractivity contribution in [2.75, 3.05) is 17.2 Å². The predicted molar refractivity (Wildman–Crippen MR) is 83.1 cm³/mol. The fraction of sp³-hybridized carbons (Fsp3) is 0.267. The highest BCUT2D eigenvalue weighted by Crippen LogP contribution is 2.09. The van der Waals surface area contributed by atoms with Gasteiger partial charge in [-0.15, -0.1) is 5.10 Å². The molecule has 0 spiro atoms. The first kappa shape index (κ1) is 14.8. The van der Waals surface area contributed by atoms with Crippen molar-refractivity contribution in [3.05, 3.63) is 48.2 Å². The van der Waals surface area contributed by atoms with Crippen LogP contribution >= 0.6 is 0 Å². The third-order valence-corrected chi connectivity index (χ3v) is 2.80. The van der Waals surface area contributed by atoms with Crippen molar-refractivity contribution >= 4 is 17.5 Å². The summed E-state index contributed by atoms with van der Waals surface area (Å²) >= 11 is 0. The number of benzene rings is 1. The van der Waals surface area contributed by atoms with Crippen LogP contribution in [0.3, 0.4) is 0 Å². The van der Waals surface area contributed by atoms with Gasteiger partial charge in [0.1, 0.15) is 0 Å². The molecule has 1 aromatic carbocycles. The van der Waals surface area contributed by atoms with E-state index >= 15 is 0 Å². The second kappa shape index (κ2) is 7.84. The molecule has 6 nitrogen and oxygen atoms in total. The monoisotopic (exact) mass is 285 g/mol. The zero-order valence-corrected chi connectivity index (χ0v) is 12.0. The Morgan fingerprint density at radius 3 is 2.67 bits per heavy atom. The molecule has 1 aromatic heterocycles. The van der Waals surface area contributed by atoms with E-state index in [1.807, 2.05) is 24.3 Å². The van der Waals surface area contributed by atoms with Crippen LogP contribution in [0.15, 0.2) is 42.6 Å². The van der Waals surface area contributed by atoms with E-state index in [9.17, 15) is 4.79 Å². The quantitative estimate of drug-likeness (QED) is 0.762. The van der Waals surface area contributed by atoms with Gasteiger partial charge in [-0.2, -0.15) is 5.10 Å². The van der Waals surface area contributed by atoms with Crippen LogP contribution in [0.2, 0.25) is 0 Å². The van der Waals surface area contributed by atoms with Gasteiger partial charge in [-0.1, -0.05) is 19.1 Å². The molecule has 3 N–H and O–H groups in total. The van der Waals surface area contributed by atoms with Crippen LogP contribution in [0.25, 0.3) is 0 Å². The summed E-state index contributed by atoms with van der Waals surface area (Å²) in [7, 11) is 0. The molecule has 0 aliphatic heterocycles. The minimum absolute atomic E-state index is 0.302. The number of hydrogen-bond acceptors (Lipinski definition) is 4. The fourth-order valence-corrected chi connectivity index (χ4v) is 1.72.